The third-order valence-electron chi connectivity index (χ3n) is 3.66. The van der Waals surface area contributed by atoms with Crippen molar-refractivity contribution >= 4 is 23.9 Å². The quantitative estimate of drug-likeness (QED) is 0.291. The zero-order valence-corrected chi connectivity index (χ0v) is 20.5. The first-order valence-corrected chi connectivity index (χ1v) is 10.3. The summed E-state index contributed by atoms with van der Waals surface area (Å²) >= 11 is 0. The number of benzene rings is 2. The fourth-order valence-electron chi connectivity index (χ4n) is 2.16. The van der Waals surface area contributed by atoms with Gasteiger partial charge >= 0.3 is 23.9 Å². The highest BCUT2D eigenvalue weighted by Gasteiger charge is 2.25. The van der Waals surface area contributed by atoms with E-state index in [2.05, 4.69) is 0 Å². The van der Waals surface area contributed by atoms with Gasteiger partial charge in [-0.15, -0.1) is 0 Å². The molecule has 0 aliphatic rings. The van der Waals surface area contributed by atoms with Crippen molar-refractivity contribution in [1.82, 2.24) is 0 Å². The zero-order chi connectivity index (χ0) is 27.8. The minimum absolute atomic E-state index is 0.0186. The molecule has 0 fully saturated rings. The number of hydrogen-bond donors (Lipinski definition) is 4. The van der Waals surface area contributed by atoms with Crippen molar-refractivity contribution in [3.05, 3.63) is 58.7 Å². The molecule has 0 saturated carbocycles. The second-order valence-corrected chi connectivity index (χ2v) is 9.20. The lowest BCUT2D eigenvalue weighted by atomic mass is 10.1. The van der Waals surface area contributed by atoms with Gasteiger partial charge in [0.2, 0.25) is 0 Å². The average Bonchev–Trinajstić information content (AvgIpc) is 2.75. The summed E-state index contributed by atoms with van der Waals surface area (Å²) in [5.74, 6) is -5.39. The van der Waals surface area contributed by atoms with Crippen LogP contribution in [0.2, 0.25) is 0 Å². The number of hydrogen-bond acceptors (Lipinski definition) is 8. The Balaban J connectivity index is 0.000000450. The van der Waals surface area contributed by atoms with E-state index in [1.165, 1.54) is 18.2 Å². The molecular formula is C24H28O12. The summed E-state index contributed by atoms with van der Waals surface area (Å²) in [7, 11) is 0. The smallest absolute Gasteiger partial charge is 0.339 e. The zero-order valence-electron chi connectivity index (χ0n) is 20.5. The minimum Gasteiger partial charge on any atom is -0.478 e. The first-order valence-electron chi connectivity index (χ1n) is 10.3. The molecular weight excluding hydrogens is 480 g/mol. The predicted molar refractivity (Wildman–Crippen MR) is 124 cm³/mol. The highest BCUT2D eigenvalue weighted by atomic mass is 17.2. The third kappa shape index (κ3) is 9.99. The Morgan fingerprint density at radius 3 is 1.22 bits per heavy atom. The van der Waals surface area contributed by atoms with Gasteiger partial charge in [0.05, 0.1) is 11.1 Å². The molecule has 4 N–H and O–H groups in total. The monoisotopic (exact) mass is 508 g/mol. The molecule has 0 spiro atoms. The third-order valence-corrected chi connectivity index (χ3v) is 3.66. The van der Waals surface area contributed by atoms with Crippen molar-refractivity contribution in [3.8, 4) is 11.5 Å². The Morgan fingerprint density at radius 2 is 0.944 bits per heavy atom. The molecule has 0 atom stereocenters. The van der Waals surface area contributed by atoms with Crippen molar-refractivity contribution < 1.29 is 59.2 Å². The van der Waals surface area contributed by atoms with E-state index in [0.717, 1.165) is 18.2 Å². The van der Waals surface area contributed by atoms with Gasteiger partial charge in [0.1, 0.15) is 22.3 Å². The van der Waals surface area contributed by atoms with E-state index in [0.29, 0.717) is 0 Å². The summed E-state index contributed by atoms with van der Waals surface area (Å²) in [6.07, 6.45) is 0. The molecule has 0 bridgehead atoms. The Bertz CT molecular complexity index is 1040. The number of carbonyl (C=O) groups is 4. The van der Waals surface area contributed by atoms with Crippen molar-refractivity contribution in [2.75, 3.05) is 0 Å². The SMILES string of the molecule is CC(C)(C)OOc1cc(OOC(C)(C)C)c(C(=O)O)cc1C(=O)O.O=C(O)c1cccc(C(=O)O)c1. The molecule has 196 valence electrons. The van der Waals surface area contributed by atoms with Crippen LogP contribution in [0.3, 0.4) is 0 Å². The normalized spacial score (nSPS) is 11.1. The van der Waals surface area contributed by atoms with Crippen LogP contribution in [0.15, 0.2) is 36.4 Å². The number of carboxylic acids is 4. The van der Waals surface area contributed by atoms with Gasteiger partial charge in [0.15, 0.2) is 11.5 Å². The van der Waals surface area contributed by atoms with Crippen LogP contribution in [0.25, 0.3) is 0 Å². The maximum Gasteiger partial charge on any atom is 0.339 e. The van der Waals surface area contributed by atoms with Crippen molar-refractivity contribution in [2.24, 2.45) is 0 Å². The molecule has 0 heterocycles. The van der Waals surface area contributed by atoms with Crippen LogP contribution in [0.4, 0.5) is 0 Å². The summed E-state index contributed by atoms with van der Waals surface area (Å²) in [5.41, 5.74) is -2.20. The van der Waals surface area contributed by atoms with Crippen LogP contribution in [0.1, 0.15) is 83.0 Å². The van der Waals surface area contributed by atoms with Crippen LogP contribution in [0, 0.1) is 0 Å². The molecule has 0 aliphatic carbocycles. The van der Waals surface area contributed by atoms with Gasteiger partial charge in [0.25, 0.3) is 0 Å². The molecule has 2 aromatic carbocycles. The minimum atomic E-state index is -1.37. The molecule has 12 nitrogen and oxygen atoms in total. The van der Waals surface area contributed by atoms with E-state index < -0.39 is 35.1 Å². The van der Waals surface area contributed by atoms with Crippen LogP contribution < -0.4 is 9.78 Å². The molecule has 0 unspecified atom stereocenters. The van der Waals surface area contributed by atoms with Gasteiger partial charge in [-0.2, -0.15) is 9.78 Å². The van der Waals surface area contributed by atoms with Gasteiger partial charge in [-0.3, -0.25) is 0 Å². The lowest BCUT2D eigenvalue weighted by Gasteiger charge is -2.21. The molecule has 12 heteroatoms. The maximum atomic E-state index is 11.3. The molecule has 2 aromatic rings. The van der Waals surface area contributed by atoms with Crippen molar-refractivity contribution in [2.45, 2.75) is 52.7 Å². The molecule has 0 saturated heterocycles. The molecule has 0 aliphatic heterocycles. The lowest BCUT2D eigenvalue weighted by molar-refractivity contribution is -0.279. The average molecular weight is 508 g/mol. The Hall–Kier alpha value is -4.16. The van der Waals surface area contributed by atoms with Crippen LogP contribution >= 0.6 is 0 Å². The summed E-state index contributed by atoms with van der Waals surface area (Å²) in [6.45, 7) is 10.2. The number of carboxylic acid groups (broad SMARTS) is 4. The number of aromatic carboxylic acids is 4. The molecule has 0 radical (unpaired) electrons. The standard InChI is InChI=1S/C16H22O8.C8H6O4/c1-15(2,3)23-21-11-8-12(22-24-16(4,5)6)10(14(19)20)7-9(11)13(17)18;9-7(10)5-2-1-3-6(4-5)8(11)12/h7-8H,1-6H3,(H,17,18)(H,19,20);1-4H,(H,9,10)(H,11,12). The highest BCUT2D eigenvalue weighted by molar-refractivity contribution is 5.98. The van der Waals surface area contributed by atoms with E-state index in [4.69, 9.17) is 29.8 Å². The summed E-state index contributed by atoms with van der Waals surface area (Å²) in [4.78, 5) is 63.8. The van der Waals surface area contributed by atoms with Gasteiger partial charge in [-0.05, 0) is 65.8 Å². The Kier molecular flexibility index (Phi) is 9.96. The van der Waals surface area contributed by atoms with Crippen LogP contribution in [0.5, 0.6) is 11.5 Å². The summed E-state index contributed by atoms with van der Waals surface area (Å²) < 4.78 is 0. The highest BCUT2D eigenvalue weighted by Crippen LogP contribution is 2.31. The maximum absolute atomic E-state index is 11.3. The molecule has 36 heavy (non-hydrogen) atoms. The van der Waals surface area contributed by atoms with E-state index in [9.17, 15) is 29.4 Å². The second kappa shape index (κ2) is 12.0. The fourth-order valence-corrected chi connectivity index (χ4v) is 2.16. The van der Waals surface area contributed by atoms with Gasteiger partial charge in [-0.1, -0.05) is 6.07 Å². The first-order chi connectivity index (χ1) is 16.4. The molecule has 2 rings (SSSR count). The summed E-state index contributed by atoms with van der Waals surface area (Å²) in [5, 5.41) is 35.5. The predicted octanol–water partition coefficient (Wildman–Crippen LogP) is 4.38. The van der Waals surface area contributed by atoms with Crippen LogP contribution in [-0.2, 0) is 9.78 Å². The van der Waals surface area contributed by atoms with Gasteiger partial charge < -0.3 is 30.2 Å². The summed E-state index contributed by atoms with van der Waals surface area (Å²) in [6, 6.07) is 7.22. The van der Waals surface area contributed by atoms with E-state index in [1.807, 2.05) is 0 Å². The van der Waals surface area contributed by atoms with E-state index in [1.54, 1.807) is 41.5 Å². The fraction of sp³-hybridized carbons (Fsp3) is 0.333. The Labute approximate surface area is 206 Å². The Morgan fingerprint density at radius 1 is 0.583 bits per heavy atom. The van der Waals surface area contributed by atoms with Gasteiger partial charge in [0, 0.05) is 6.07 Å². The molecule has 0 aromatic heterocycles. The first kappa shape index (κ1) is 29.9. The topological polar surface area (TPSA) is 186 Å². The number of rotatable bonds is 8. The van der Waals surface area contributed by atoms with E-state index in [-0.39, 0.29) is 33.8 Å². The molecule has 0 amide bonds. The second-order valence-electron chi connectivity index (χ2n) is 9.20. The largest absolute Gasteiger partial charge is 0.478 e. The van der Waals surface area contributed by atoms with Gasteiger partial charge in [-0.25, -0.2) is 19.2 Å². The van der Waals surface area contributed by atoms with E-state index >= 15 is 0 Å². The van der Waals surface area contributed by atoms with Crippen LogP contribution in [-0.4, -0.2) is 55.5 Å². The van der Waals surface area contributed by atoms with Crippen molar-refractivity contribution in [1.29, 1.82) is 0 Å². The lowest BCUT2D eigenvalue weighted by Crippen LogP contribution is -2.23. The van der Waals surface area contributed by atoms with Crippen molar-refractivity contribution in [3.63, 3.8) is 0 Å².